The number of esters is 1. The largest absolute Gasteiger partial charge is 0.469 e. The third-order valence-corrected chi connectivity index (χ3v) is 6.05. The Morgan fingerprint density at radius 2 is 2.00 bits per heavy atom. The third kappa shape index (κ3) is 0.637. The molecule has 3 nitrogen and oxygen atoms in total. The number of carbonyl (C=O) groups excluding carboxylic acids is 2. The van der Waals surface area contributed by atoms with Crippen molar-refractivity contribution in [1.29, 1.82) is 0 Å². The highest BCUT2D eigenvalue weighted by molar-refractivity contribution is 5.91. The van der Waals surface area contributed by atoms with E-state index in [-0.39, 0.29) is 23.1 Å². The molecule has 0 aliphatic heterocycles. The lowest BCUT2D eigenvalue weighted by Gasteiger charge is -2.32. The Bertz CT molecular complexity index is 415. The minimum Gasteiger partial charge on any atom is -0.469 e. The van der Waals surface area contributed by atoms with Crippen LogP contribution in [0.25, 0.3) is 0 Å². The predicted octanol–water partition coefficient (Wildman–Crippen LogP) is 1.27. The number of methoxy groups -OCH3 is 1. The molecule has 0 spiro atoms. The molecule has 5 rings (SSSR count). The predicted molar refractivity (Wildman–Crippen MR) is 55.3 cm³/mol. The van der Waals surface area contributed by atoms with E-state index in [0.717, 1.165) is 18.3 Å². The van der Waals surface area contributed by atoms with Gasteiger partial charge in [0.1, 0.15) is 5.78 Å². The number of hydrogen-bond acceptors (Lipinski definition) is 3. The summed E-state index contributed by atoms with van der Waals surface area (Å²) in [6, 6.07) is 0. The van der Waals surface area contributed by atoms with E-state index in [2.05, 4.69) is 0 Å². The fourth-order valence-corrected chi connectivity index (χ4v) is 5.88. The summed E-state index contributed by atoms with van der Waals surface area (Å²) in [6.07, 6.45) is 2.13. The number of Topliss-reactive ketones (excluding diaryl/α,β-unsaturated/α-hetero) is 1. The number of ketones is 1. The topological polar surface area (TPSA) is 43.4 Å². The van der Waals surface area contributed by atoms with Crippen LogP contribution in [0.4, 0.5) is 0 Å². The lowest BCUT2D eigenvalue weighted by Crippen LogP contribution is -2.43. The lowest BCUT2D eigenvalue weighted by molar-refractivity contribution is -0.160. The second-order valence-corrected chi connectivity index (χ2v) is 6.10. The maximum Gasteiger partial charge on any atom is 0.313 e. The summed E-state index contributed by atoms with van der Waals surface area (Å²) in [7, 11) is 1.47. The third-order valence-electron chi connectivity index (χ3n) is 6.05. The number of ether oxygens (including phenoxy) is 1. The maximum absolute atomic E-state index is 12.2. The summed E-state index contributed by atoms with van der Waals surface area (Å²) in [6.45, 7) is 1.64. The SMILES string of the molecule is COC(=O)[C@@]12C3C4CC1[C@H](C[C@H]2C(C)=O)C43. The van der Waals surface area contributed by atoms with Crippen LogP contribution >= 0.6 is 0 Å². The van der Waals surface area contributed by atoms with Gasteiger partial charge in [-0.25, -0.2) is 0 Å². The first-order valence-corrected chi connectivity index (χ1v) is 6.22. The molecule has 16 heavy (non-hydrogen) atoms. The van der Waals surface area contributed by atoms with Crippen molar-refractivity contribution in [2.24, 2.45) is 40.9 Å². The van der Waals surface area contributed by atoms with Gasteiger partial charge in [-0.05, 0) is 49.4 Å². The zero-order valence-corrected chi connectivity index (χ0v) is 9.60. The highest BCUT2D eigenvalue weighted by Gasteiger charge is 2.87. The van der Waals surface area contributed by atoms with E-state index in [9.17, 15) is 9.59 Å². The first-order valence-electron chi connectivity index (χ1n) is 6.22. The van der Waals surface area contributed by atoms with E-state index in [1.165, 1.54) is 13.5 Å². The molecule has 0 N–H and O–H groups in total. The molecule has 0 radical (unpaired) electrons. The molecule has 0 amide bonds. The first-order chi connectivity index (χ1) is 7.64. The van der Waals surface area contributed by atoms with E-state index in [0.29, 0.717) is 17.8 Å². The molecule has 5 fully saturated rings. The average Bonchev–Trinajstić information content (AvgIpc) is 2.64. The minimum atomic E-state index is -0.388. The molecule has 0 saturated heterocycles. The van der Waals surface area contributed by atoms with Gasteiger partial charge in [-0.3, -0.25) is 9.59 Å². The standard InChI is InChI=1S/C13H16O3/c1-5(14)8-3-6-9-4-7-10(6)11(7)13(8,9)12(15)16-2/h6-11H,3-4H2,1-2H3/t6-,7?,8-,9?,10?,11?,13+/m0/s1. The molecule has 0 aromatic rings. The van der Waals surface area contributed by atoms with E-state index in [4.69, 9.17) is 4.74 Å². The van der Waals surface area contributed by atoms with E-state index in [1.807, 2.05) is 0 Å². The van der Waals surface area contributed by atoms with Gasteiger partial charge in [0.2, 0.25) is 0 Å². The van der Waals surface area contributed by atoms with Crippen molar-refractivity contribution in [3.63, 3.8) is 0 Å². The van der Waals surface area contributed by atoms with Crippen LogP contribution in [0, 0.1) is 40.9 Å². The molecular formula is C13H16O3. The smallest absolute Gasteiger partial charge is 0.313 e. The van der Waals surface area contributed by atoms with Crippen LogP contribution in [-0.4, -0.2) is 18.9 Å². The van der Waals surface area contributed by atoms with Crippen molar-refractivity contribution < 1.29 is 14.3 Å². The Kier molecular flexibility index (Phi) is 1.36. The fourth-order valence-electron chi connectivity index (χ4n) is 5.88. The van der Waals surface area contributed by atoms with Gasteiger partial charge >= 0.3 is 5.97 Å². The molecule has 5 saturated carbocycles. The Morgan fingerprint density at radius 1 is 1.25 bits per heavy atom. The van der Waals surface area contributed by atoms with E-state index >= 15 is 0 Å². The van der Waals surface area contributed by atoms with Crippen LogP contribution < -0.4 is 0 Å². The normalized spacial score (nSPS) is 58.9. The van der Waals surface area contributed by atoms with Crippen LogP contribution in [0.2, 0.25) is 0 Å². The Hall–Kier alpha value is -0.860. The van der Waals surface area contributed by atoms with Crippen LogP contribution in [0.15, 0.2) is 0 Å². The van der Waals surface area contributed by atoms with Gasteiger partial charge in [-0.2, -0.15) is 0 Å². The molecule has 5 aliphatic carbocycles. The molecule has 7 atom stereocenters. The van der Waals surface area contributed by atoms with Crippen molar-refractivity contribution in [3.05, 3.63) is 0 Å². The molecule has 4 unspecified atom stereocenters. The van der Waals surface area contributed by atoms with Crippen molar-refractivity contribution in [1.82, 2.24) is 0 Å². The average molecular weight is 220 g/mol. The summed E-state index contributed by atoms with van der Waals surface area (Å²) < 4.78 is 5.04. The number of rotatable bonds is 2. The Balaban J connectivity index is 1.86. The summed E-state index contributed by atoms with van der Waals surface area (Å²) in [5, 5.41) is 0. The van der Waals surface area contributed by atoms with Crippen LogP contribution in [0.5, 0.6) is 0 Å². The van der Waals surface area contributed by atoms with Gasteiger partial charge in [-0.15, -0.1) is 0 Å². The fraction of sp³-hybridized carbons (Fsp3) is 0.846. The number of carbonyl (C=O) groups is 2. The van der Waals surface area contributed by atoms with Crippen LogP contribution in [0.1, 0.15) is 19.8 Å². The second kappa shape index (κ2) is 2.36. The van der Waals surface area contributed by atoms with Gasteiger partial charge in [0.05, 0.1) is 12.5 Å². The van der Waals surface area contributed by atoms with Crippen LogP contribution in [0.3, 0.4) is 0 Å². The van der Waals surface area contributed by atoms with Crippen molar-refractivity contribution in [3.8, 4) is 0 Å². The summed E-state index contributed by atoms with van der Waals surface area (Å²) in [5.41, 5.74) is -0.388. The minimum absolute atomic E-state index is 0.0382. The monoisotopic (exact) mass is 220 g/mol. The van der Waals surface area contributed by atoms with Gasteiger partial charge in [0, 0.05) is 5.92 Å². The number of hydrogen-bond donors (Lipinski definition) is 0. The lowest BCUT2D eigenvalue weighted by atomic mass is 9.70. The maximum atomic E-state index is 12.2. The van der Waals surface area contributed by atoms with Crippen molar-refractivity contribution in [2.75, 3.05) is 7.11 Å². The first kappa shape index (κ1) is 9.20. The molecule has 86 valence electrons. The molecular weight excluding hydrogens is 204 g/mol. The van der Waals surface area contributed by atoms with Gasteiger partial charge in [-0.1, -0.05) is 0 Å². The second-order valence-electron chi connectivity index (χ2n) is 6.10. The molecule has 0 heterocycles. The quantitative estimate of drug-likeness (QED) is 0.658. The summed E-state index contributed by atoms with van der Waals surface area (Å²) >= 11 is 0. The van der Waals surface area contributed by atoms with E-state index < -0.39 is 0 Å². The van der Waals surface area contributed by atoms with Gasteiger partial charge in [0.25, 0.3) is 0 Å². The van der Waals surface area contributed by atoms with Crippen molar-refractivity contribution in [2.45, 2.75) is 19.8 Å². The zero-order chi connectivity index (χ0) is 11.2. The molecule has 0 aromatic heterocycles. The van der Waals surface area contributed by atoms with Crippen molar-refractivity contribution >= 4 is 11.8 Å². The zero-order valence-electron chi connectivity index (χ0n) is 9.60. The highest BCUT2D eigenvalue weighted by Crippen LogP contribution is 2.87. The molecule has 6 bridgehead atoms. The Labute approximate surface area is 94.5 Å². The summed E-state index contributed by atoms with van der Waals surface area (Å²) in [5.74, 6) is 3.20. The molecule has 5 aliphatic rings. The highest BCUT2D eigenvalue weighted by atomic mass is 16.5. The molecule has 0 aromatic carbocycles. The van der Waals surface area contributed by atoms with Crippen LogP contribution in [-0.2, 0) is 14.3 Å². The molecule has 3 heteroatoms. The summed E-state index contributed by atoms with van der Waals surface area (Å²) in [4.78, 5) is 24.0. The van der Waals surface area contributed by atoms with Gasteiger partial charge in [0.15, 0.2) is 0 Å². The van der Waals surface area contributed by atoms with E-state index in [1.54, 1.807) is 6.92 Å². The Morgan fingerprint density at radius 3 is 2.50 bits per heavy atom. The van der Waals surface area contributed by atoms with Gasteiger partial charge < -0.3 is 4.74 Å².